The number of hydrogen-bond donors (Lipinski definition) is 1. The van der Waals surface area contributed by atoms with Crippen LogP contribution in [0.5, 0.6) is 0 Å². The average Bonchev–Trinajstić information content (AvgIpc) is 2.32. The van der Waals surface area contributed by atoms with Crippen LogP contribution in [-0.2, 0) is 18.9 Å². The molecule has 0 bridgehead atoms. The molecule has 0 aliphatic carbocycles. The van der Waals surface area contributed by atoms with Crippen LogP contribution >= 0.6 is 11.6 Å². The van der Waals surface area contributed by atoms with Crippen molar-refractivity contribution in [3.05, 3.63) is 0 Å². The van der Waals surface area contributed by atoms with Gasteiger partial charge in [0.25, 0.3) is 0 Å². The molecule has 0 aliphatic rings. The van der Waals surface area contributed by atoms with Gasteiger partial charge in [0.2, 0.25) is 0 Å². The first-order valence-electron chi connectivity index (χ1n) is 5.79. The topological polar surface area (TPSA) is 49.0 Å². The maximum absolute atomic E-state index is 5.93. The van der Waals surface area contributed by atoms with E-state index < -0.39 is 0 Å². The fourth-order valence-electron chi connectivity index (χ4n) is 1.11. The number of methoxy groups -OCH3 is 2. The van der Waals surface area contributed by atoms with Gasteiger partial charge in [0.15, 0.2) is 0 Å². The summed E-state index contributed by atoms with van der Waals surface area (Å²) in [4.78, 5) is 0. The Morgan fingerprint density at radius 2 is 1.59 bits per heavy atom. The third-order valence-corrected chi connectivity index (χ3v) is 2.22. The number of ether oxygens (including phenoxy) is 4. The van der Waals surface area contributed by atoms with Crippen LogP contribution in [0.3, 0.4) is 0 Å². The Morgan fingerprint density at radius 3 is 2.24 bits per heavy atom. The minimum atomic E-state index is 0.0115. The van der Waals surface area contributed by atoms with Crippen LogP contribution in [0.15, 0.2) is 0 Å². The Bertz CT molecular complexity index is 151. The molecule has 1 unspecified atom stereocenters. The van der Waals surface area contributed by atoms with Crippen LogP contribution in [0.2, 0.25) is 0 Å². The van der Waals surface area contributed by atoms with Crippen LogP contribution < -0.4 is 5.32 Å². The maximum Gasteiger partial charge on any atom is 0.0701 e. The second-order valence-corrected chi connectivity index (χ2v) is 4.09. The van der Waals surface area contributed by atoms with Crippen LogP contribution in [-0.4, -0.2) is 72.3 Å². The molecule has 5 nitrogen and oxygen atoms in total. The normalized spacial score (nSPS) is 12.9. The minimum absolute atomic E-state index is 0.0115. The third kappa shape index (κ3) is 14.0. The molecule has 0 aliphatic heterocycles. The molecule has 0 aromatic heterocycles. The molecule has 17 heavy (non-hydrogen) atoms. The molecule has 0 aromatic rings. The average molecular weight is 270 g/mol. The minimum Gasteiger partial charge on any atom is -0.383 e. The first-order chi connectivity index (χ1) is 8.31. The molecule has 0 amide bonds. The summed E-state index contributed by atoms with van der Waals surface area (Å²) in [6.07, 6.45) is 0. The zero-order chi connectivity index (χ0) is 12.8. The molecular weight excluding hydrogens is 246 g/mol. The Balaban J connectivity index is 2.98. The maximum atomic E-state index is 5.93. The van der Waals surface area contributed by atoms with Crippen LogP contribution in [0, 0.1) is 0 Å². The molecule has 0 radical (unpaired) electrons. The predicted octanol–water partition coefficient (Wildman–Crippen LogP) is 0.509. The van der Waals surface area contributed by atoms with Crippen LogP contribution in [0.4, 0.5) is 0 Å². The van der Waals surface area contributed by atoms with Crippen molar-refractivity contribution in [2.75, 3.05) is 67.0 Å². The van der Waals surface area contributed by atoms with Crippen LogP contribution in [0.25, 0.3) is 0 Å². The molecule has 1 atom stereocenters. The van der Waals surface area contributed by atoms with Crippen molar-refractivity contribution >= 4 is 11.6 Å². The van der Waals surface area contributed by atoms with E-state index in [2.05, 4.69) is 5.32 Å². The lowest BCUT2D eigenvalue weighted by atomic mass is 10.4. The molecule has 0 aromatic carbocycles. The van der Waals surface area contributed by atoms with Gasteiger partial charge < -0.3 is 24.3 Å². The highest BCUT2D eigenvalue weighted by Gasteiger charge is 2.01. The molecule has 6 heteroatoms. The number of hydrogen-bond acceptors (Lipinski definition) is 5. The van der Waals surface area contributed by atoms with Gasteiger partial charge in [-0.2, -0.15) is 0 Å². The van der Waals surface area contributed by atoms with Gasteiger partial charge >= 0.3 is 0 Å². The van der Waals surface area contributed by atoms with E-state index in [0.29, 0.717) is 39.6 Å². The summed E-state index contributed by atoms with van der Waals surface area (Å²) in [5.74, 6) is 0. The van der Waals surface area contributed by atoms with Gasteiger partial charge in [0, 0.05) is 27.3 Å². The van der Waals surface area contributed by atoms with Gasteiger partial charge in [0.05, 0.1) is 45.0 Å². The largest absolute Gasteiger partial charge is 0.383 e. The summed E-state index contributed by atoms with van der Waals surface area (Å²) < 4.78 is 20.4. The molecule has 0 heterocycles. The lowest BCUT2D eigenvalue weighted by molar-refractivity contribution is 0.0255. The highest BCUT2D eigenvalue weighted by atomic mass is 35.5. The van der Waals surface area contributed by atoms with Crippen molar-refractivity contribution < 1.29 is 18.9 Å². The van der Waals surface area contributed by atoms with E-state index in [1.165, 1.54) is 0 Å². The summed E-state index contributed by atoms with van der Waals surface area (Å²) in [6, 6.07) is 0. The standard InChI is InChI=1S/C11H24ClNO4/c1-14-5-6-17-8-7-16-4-3-13-9-11(12)10-15-2/h11,13H,3-10H2,1-2H3. The number of halogens is 1. The summed E-state index contributed by atoms with van der Waals surface area (Å²) in [5, 5.41) is 3.19. The Labute approximate surface area is 109 Å². The van der Waals surface area contributed by atoms with Gasteiger partial charge in [0.1, 0.15) is 0 Å². The molecule has 0 saturated heterocycles. The fourth-order valence-corrected chi connectivity index (χ4v) is 1.34. The third-order valence-electron chi connectivity index (χ3n) is 1.94. The Kier molecular flexibility index (Phi) is 14.2. The molecule has 1 N–H and O–H groups in total. The smallest absolute Gasteiger partial charge is 0.0701 e. The van der Waals surface area contributed by atoms with Crippen molar-refractivity contribution in [2.24, 2.45) is 0 Å². The zero-order valence-electron chi connectivity index (χ0n) is 10.7. The second kappa shape index (κ2) is 14.2. The van der Waals surface area contributed by atoms with E-state index in [1.54, 1.807) is 14.2 Å². The number of nitrogens with one attached hydrogen (secondary N) is 1. The Morgan fingerprint density at radius 1 is 0.941 bits per heavy atom. The van der Waals surface area contributed by atoms with E-state index in [-0.39, 0.29) is 5.38 Å². The van der Waals surface area contributed by atoms with Crippen LogP contribution in [0.1, 0.15) is 0 Å². The molecular formula is C11H24ClNO4. The van der Waals surface area contributed by atoms with Gasteiger partial charge in [-0.3, -0.25) is 0 Å². The Hall–Kier alpha value is 0.0900. The monoisotopic (exact) mass is 269 g/mol. The van der Waals surface area contributed by atoms with Crippen molar-refractivity contribution in [3.8, 4) is 0 Å². The predicted molar refractivity (Wildman–Crippen MR) is 67.9 cm³/mol. The van der Waals surface area contributed by atoms with Gasteiger partial charge in [-0.1, -0.05) is 0 Å². The van der Waals surface area contributed by atoms with Gasteiger partial charge in [-0.05, 0) is 0 Å². The van der Waals surface area contributed by atoms with Gasteiger partial charge in [-0.15, -0.1) is 11.6 Å². The molecule has 0 fully saturated rings. The molecule has 104 valence electrons. The number of alkyl halides is 1. The van der Waals surface area contributed by atoms with E-state index in [0.717, 1.165) is 13.1 Å². The fraction of sp³-hybridized carbons (Fsp3) is 1.00. The van der Waals surface area contributed by atoms with Crippen molar-refractivity contribution in [1.29, 1.82) is 0 Å². The SMILES string of the molecule is COCCOCCOCCNCC(Cl)COC. The summed E-state index contributed by atoms with van der Waals surface area (Å²) in [6.45, 7) is 5.17. The second-order valence-electron chi connectivity index (χ2n) is 3.47. The molecule has 0 spiro atoms. The molecule has 0 saturated carbocycles. The van der Waals surface area contributed by atoms with Crippen molar-refractivity contribution in [1.82, 2.24) is 5.32 Å². The van der Waals surface area contributed by atoms with E-state index >= 15 is 0 Å². The van der Waals surface area contributed by atoms with Gasteiger partial charge in [-0.25, -0.2) is 0 Å². The highest BCUT2D eigenvalue weighted by Crippen LogP contribution is 1.92. The van der Waals surface area contributed by atoms with E-state index in [1.807, 2.05) is 0 Å². The quantitative estimate of drug-likeness (QED) is 0.390. The highest BCUT2D eigenvalue weighted by molar-refractivity contribution is 6.20. The lowest BCUT2D eigenvalue weighted by Crippen LogP contribution is -2.29. The number of rotatable bonds is 13. The summed E-state index contributed by atoms with van der Waals surface area (Å²) >= 11 is 5.93. The van der Waals surface area contributed by atoms with E-state index in [9.17, 15) is 0 Å². The summed E-state index contributed by atoms with van der Waals surface area (Å²) in [5.41, 5.74) is 0. The first-order valence-corrected chi connectivity index (χ1v) is 6.23. The van der Waals surface area contributed by atoms with E-state index in [4.69, 9.17) is 30.5 Å². The zero-order valence-corrected chi connectivity index (χ0v) is 11.5. The first kappa shape index (κ1) is 17.1. The van der Waals surface area contributed by atoms with Crippen molar-refractivity contribution in [3.63, 3.8) is 0 Å². The summed E-state index contributed by atoms with van der Waals surface area (Å²) in [7, 11) is 3.29. The van der Waals surface area contributed by atoms with Crippen molar-refractivity contribution in [2.45, 2.75) is 5.38 Å². The molecule has 0 rings (SSSR count). The lowest BCUT2D eigenvalue weighted by Gasteiger charge is -2.10.